The molecule has 0 radical (unpaired) electrons. The van der Waals surface area contributed by atoms with Crippen molar-refractivity contribution in [1.82, 2.24) is 4.72 Å². The van der Waals surface area contributed by atoms with Crippen LogP contribution in [0.4, 0.5) is 11.4 Å². The minimum absolute atomic E-state index is 0.227. The van der Waals surface area contributed by atoms with Gasteiger partial charge >= 0.3 is 0 Å². The summed E-state index contributed by atoms with van der Waals surface area (Å²) >= 11 is 0. The lowest BCUT2D eigenvalue weighted by Crippen LogP contribution is -2.35. The first-order valence-corrected chi connectivity index (χ1v) is 9.11. The van der Waals surface area contributed by atoms with Crippen molar-refractivity contribution >= 4 is 21.4 Å². The van der Waals surface area contributed by atoms with Crippen molar-refractivity contribution in [2.45, 2.75) is 43.0 Å². The van der Waals surface area contributed by atoms with Gasteiger partial charge in [-0.05, 0) is 50.4 Å². The monoisotopic (exact) mass is 309 g/mol. The second-order valence-corrected chi connectivity index (χ2v) is 7.91. The normalized spacial score (nSPS) is 25.9. The van der Waals surface area contributed by atoms with E-state index in [0.717, 1.165) is 18.2 Å². The van der Waals surface area contributed by atoms with Gasteiger partial charge in [0.1, 0.15) is 0 Å². The number of nitrogens with zero attached hydrogens (tertiary/aromatic N) is 1. The van der Waals surface area contributed by atoms with E-state index in [4.69, 9.17) is 5.73 Å². The van der Waals surface area contributed by atoms with Crippen LogP contribution in [0, 0.1) is 5.92 Å². The zero-order valence-corrected chi connectivity index (χ0v) is 13.2. The first-order chi connectivity index (χ1) is 10.0. The summed E-state index contributed by atoms with van der Waals surface area (Å²) in [6.45, 7) is 1.03. The molecule has 116 valence electrons. The number of nitrogen functional groups attached to an aromatic ring is 1. The fourth-order valence-electron chi connectivity index (χ4n) is 3.78. The first kappa shape index (κ1) is 14.7. The van der Waals surface area contributed by atoms with Gasteiger partial charge in [-0.1, -0.05) is 12.8 Å². The molecular formula is C15H23N3O2S. The highest BCUT2D eigenvalue weighted by Crippen LogP contribution is 2.40. The molecule has 0 aromatic heterocycles. The van der Waals surface area contributed by atoms with Crippen LogP contribution in [-0.4, -0.2) is 28.1 Å². The van der Waals surface area contributed by atoms with Gasteiger partial charge in [0, 0.05) is 12.6 Å². The molecule has 1 aliphatic carbocycles. The zero-order chi connectivity index (χ0) is 15.0. The van der Waals surface area contributed by atoms with Crippen LogP contribution in [-0.2, 0) is 10.0 Å². The van der Waals surface area contributed by atoms with Gasteiger partial charge in [-0.2, -0.15) is 0 Å². The van der Waals surface area contributed by atoms with Gasteiger partial charge < -0.3 is 10.6 Å². The minimum Gasteiger partial charge on any atom is -0.397 e. The largest absolute Gasteiger partial charge is 0.397 e. The van der Waals surface area contributed by atoms with Gasteiger partial charge in [0.15, 0.2) is 0 Å². The van der Waals surface area contributed by atoms with Gasteiger partial charge in [-0.25, -0.2) is 13.1 Å². The van der Waals surface area contributed by atoms with E-state index in [9.17, 15) is 8.42 Å². The summed E-state index contributed by atoms with van der Waals surface area (Å²) in [5.74, 6) is 0.777. The summed E-state index contributed by atoms with van der Waals surface area (Å²) in [6, 6.07) is 5.65. The van der Waals surface area contributed by atoms with E-state index in [0.29, 0.717) is 11.7 Å². The molecule has 1 heterocycles. The summed E-state index contributed by atoms with van der Waals surface area (Å²) < 4.78 is 26.0. The van der Waals surface area contributed by atoms with Crippen LogP contribution in [0.3, 0.4) is 0 Å². The Morgan fingerprint density at radius 3 is 2.71 bits per heavy atom. The summed E-state index contributed by atoms with van der Waals surface area (Å²) in [5.41, 5.74) is 7.68. The van der Waals surface area contributed by atoms with Crippen molar-refractivity contribution in [3.8, 4) is 0 Å². The number of sulfonamides is 1. The molecule has 1 aromatic rings. The maximum Gasteiger partial charge on any atom is 0.240 e. The van der Waals surface area contributed by atoms with Gasteiger partial charge in [-0.3, -0.25) is 0 Å². The Morgan fingerprint density at radius 1 is 1.24 bits per heavy atom. The Bertz CT molecular complexity index is 630. The molecule has 0 spiro atoms. The van der Waals surface area contributed by atoms with Crippen LogP contribution in [0.15, 0.2) is 23.1 Å². The summed E-state index contributed by atoms with van der Waals surface area (Å²) in [5, 5.41) is 0. The number of fused-ring (bicyclic) bond motifs is 1. The third-order valence-electron chi connectivity index (χ3n) is 4.90. The zero-order valence-electron chi connectivity index (χ0n) is 12.4. The number of benzene rings is 1. The molecule has 1 aromatic carbocycles. The number of hydrogen-bond donors (Lipinski definition) is 2. The molecule has 3 N–H and O–H groups in total. The highest BCUT2D eigenvalue weighted by molar-refractivity contribution is 7.89. The fraction of sp³-hybridized carbons (Fsp3) is 0.600. The maximum absolute atomic E-state index is 11.8. The van der Waals surface area contributed by atoms with Crippen molar-refractivity contribution in [2.24, 2.45) is 5.92 Å². The van der Waals surface area contributed by atoms with E-state index in [1.807, 2.05) is 6.07 Å². The molecule has 21 heavy (non-hydrogen) atoms. The number of rotatable bonds is 3. The molecule has 2 atom stereocenters. The molecule has 0 bridgehead atoms. The Balaban J connectivity index is 1.90. The molecule has 5 nitrogen and oxygen atoms in total. The van der Waals surface area contributed by atoms with Crippen LogP contribution >= 0.6 is 0 Å². The van der Waals surface area contributed by atoms with Crippen molar-refractivity contribution in [3.05, 3.63) is 18.2 Å². The Hall–Kier alpha value is -1.27. The summed E-state index contributed by atoms with van der Waals surface area (Å²) in [6.07, 6.45) is 6.38. The molecular weight excluding hydrogens is 286 g/mol. The standard InChI is InChI=1S/C15H23N3O2S/c1-17-21(19,20)12-6-7-15(13(16)10-12)18-9-8-11-4-2-3-5-14(11)18/h6-7,10-11,14,17H,2-5,8-9,16H2,1H3. The Kier molecular flexibility index (Phi) is 3.84. The lowest BCUT2D eigenvalue weighted by atomic mass is 9.85. The summed E-state index contributed by atoms with van der Waals surface area (Å²) in [4.78, 5) is 2.61. The van der Waals surface area contributed by atoms with E-state index in [2.05, 4.69) is 9.62 Å². The fourth-order valence-corrected chi connectivity index (χ4v) is 4.55. The predicted molar refractivity (Wildman–Crippen MR) is 84.8 cm³/mol. The quantitative estimate of drug-likeness (QED) is 0.837. The molecule has 2 unspecified atom stereocenters. The first-order valence-electron chi connectivity index (χ1n) is 7.62. The average molecular weight is 309 g/mol. The number of hydrogen-bond acceptors (Lipinski definition) is 4. The molecule has 3 rings (SSSR count). The molecule has 1 saturated carbocycles. The highest BCUT2D eigenvalue weighted by atomic mass is 32.2. The van der Waals surface area contributed by atoms with Crippen molar-refractivity contribution in [2.75, 3.05) is 24.2 Å². The van der Waals surface area contributed by atoms with Gasteiger partial charge in [0.05, 0.1) is 16.3 Å². The van der Waals surface area contributed by atoms with Crippen molar-refractivity contribution in [3.63, 3.8) is 0 Å². The van der Waals surface area contributed by atoms with Gasteiger partial charge in [0.2, 0.25) is 10.0 Å². The Labute approximate surface area is 126 Å². The topological polar surface area (TPSA) is 75.4 Å². The molecule has 1 saturated heterocycles. The lowest BCUT2D eigenvalue weighted by molar-refractivity contribution is 0.342. The summed E-state index contributed by atoms with van der Waals surface area (Å²) in [7, 11) is -2.02. The Morgan fingerprint density at radius 2 is 2.00 bits per heavy atom. The van der Waals surface area contributed by atoms with E-state index >= 15 is 0 Å². The van der Waals surface area contributed by atoms with Gasteiger partial charge in [0.25, 0.3) is 0 Å². The third kappa shape index (κ3) is 2.62. The average Bonchev–Trinajstić information content (AvgIpc) is 2.91. The molecule has 1 aliphatic heterocycles. The van der Waals surface area contributed by atoms with Crippen LogP contribution in [0.25, 0.3) is 0 Å². The predicted octanol–water partition coefficient (Wildman–Crippen LogP) is 1.95. The highest BCUT2D eigenvalue weighted by Gasteiger charge is 2.36. The molecule has 2 aliphatic rings. The SMILES string of the molecule is CNS(=O)(=O)c1ccc(N2CCC3CCCCC32)c(N)c1. The number of anilines is 2. The van der Waals surface area contributed by atoms with Crippen LogP contribution in [0.1, 0.15) is 32.1 Å². The van der Waals surface area contributed by atoms with Crippen LogP contribution in [0.5, 0.6) is 0 Å². The second-order valence-electron chi connectivity index (χ2n) is 6.02. The van der Waals surface area contributed by atoms with E-state index in [-0.39, 0.29) is 4.90 Å². The number of nitrogens with one attached hydrogen (secondary N) is 1. The van der Waals surface area contributed by atoms with E-state index in [1.165, 1.54) is 39.2 Å². The van der Waals surface area contributed by atoms with Crippen LogP contribution < -0.4 is 15.4 Å². The van der Waals surface area contributed by atoms with Crippen molar-refractivity contribution in [1.29, 1.82) is 0 Å². The van der Waals surface area contributed by atoms with E-state index in [1.54, 1.807) is 12.1 Å². The minimum atomic E-state index is -3.43. The molecule has 6 heteroatoms. The smallest absolute Gasteiger partial charge is 0.240 e. The van der Waals surface area contributed by atoms with Gasteiger partial charge in [-0.15, -0.1) is 0 Å². The van der Waals surface area contributed by atoms with Crippen molar-refractivity contribution < 1.29 is 8.42 Å². The number of nitrogens with two attached hydrogens (primary N) is 1. The second kappa shape index (κ2) is 5.50. The van der Waals surface area contributed by atoms with Crippen LogP contribution in [0.2, 0.25) is 0 Å². The lowest BCUT2D eigenvalue weighted by Gasteiger charge is -2.33. The maximum atomic E-state index is 11.8. The third-order valence-corrected chi connectivity index (χ3v) is 6.31. The van der Waals surface area contributed by atoms with E-state index < -0.39 is 10.0 Å². The molecule has 2 fully saturated rings. The molecule has 0 amide bonds.